The minimum atomic E-state index is -0.994. The number of aliphatic hydroxyl groups excluding tert-OH is 1. The zero-order valence-corrected chi connectivity index (χ0v) is 16.1. The minimum absolute atomic E-state index is 0.0393. The lowest BCUT2D eigenvalue weighted by Crippen LogP contribution is -2.37. The first-order chi connectivity index (χ1) is 13.0. The van der Waals surface area contributed by atoms with Crippen molar-refractivity contribution in [1.82, 2.24) is 0 Å². The molecule has 1 unspecified atom stereocenters. The molecule has 0 aromatic heterocycles. The molecule has 1 N–H and O–H groups in total. The summed E-state index contributed by atoms with van der Waals surface area (Å²) in [6.45, 7) is 2.89. The first-order valence-corrected chi connectivity index (χ1v) is 10.4. The first kappa shape index (κ1) is 19.3. The average molecular weight is 380 g/mol. The van der Waals surface area contributed by atoms with Crippen LogP contribution in [0.25, 0.3) is 0 Å². The summed E-state index contributed by atoms with van der Waals surface area (Å²) in [4.78, 5) is 0. The Kier molecular flexibility index (Phi) is 5.55. The van der Waals surface area contributed by atoms with Gasteiger partial charge in [-0.1, -0.05) is 12.1 Å². The maximum atomic E-state index is 14.5. The molecular formula is C22H30F2O3. The van der Waals surface area contributed by atoms with Gasteiger partial charge in [0.15, 0.2) is 17.4 Å². The smallest absolute Gasteiger partial charge is 0.168 e. The Bertz CT molecular complexity index is 652. The third-order valence-corrected chi connectivity index (χ3v) is 7.08. The number of rotatable bonds is 3. The van der Waals surface area contributed by atoms with E-state index in [2.05, 4.69) is 0 Å². The molecule has 1 heterocycles. The fourth-order valence-electron chi connectivity index (χ4n) is 5.46. The van der Waals surface area contributed by atoms with Crippen LogP contribution in [-0.4, -0.2) is 24.1 Å². The largest absolute Gasteiger partial charge is 0.389 e. The molecule has 1 aromatic rings. The molecule has 4 rings (SSSR count). The molecule has 150 valence electrons. The van der Waals surface area contributed by atoms with Crippen molar-refractivity contribution in [2.75, 3.05) is 13.2 Å². The summed E-state index contributed by atoms with van der Waals surface area (Å²) in [5.41, 5.74) is 0.517. The van der Waals surface area contributed by atoms with Gasteiger partial charge in [-0.25, -0.2) is 8.78 Å². The van der Waals surface area contributed by atoms with Crippen molar-refractivity contribution in [2.45, 2.75) is 76.1 Å². The van der Waals surface area contributed by atoms with E-state index in [0.29, 0.717) is 30.6 Å². The second-order valence-electron chi connectivity index (χ2n) is 8.60. The van der Waals surface area contributed by atoms with E-state index in [1.165, 1.54) is 13.0 Å². The molecule has 1 spiro atoms. The topological polar surface area (TPSA) is 38.7 Å². The lowest BCUT2D eigenvalue weighted by molar-refractivity contribution is -0.185. The molecule has 3 aliphatic rings. The predicted molar refractivity (Wildman–Crippen MR) is 98.3 cm³/mol. The Morgan fingerprint density at radius 2 is 1.52 bits per heavy atom. The highest BCUT2D eigenvalue weighted by atomic mass is 19.2. The monoisotopic (exact) mass is 380 g/mol. The second-order valence-corrected chi connectivity index (χ2v) is 8.60. The standard InChI is InChI=1S/C22H30F2O3/c1-14(25)18-6-7-19(21(24)20(18)23)17-4-2-15(3-5-17)16-8-10-22(11-9-16)26-12-13-27-22/h6-7,14-17,25H,2-5,8-13H2,1H3. The molecule has 2 saturated carbocycles. The molecule has 1 aromatic carbocycles. The van der Waals surface area contributed by atoms with Gasteiger partial charge in [0.25, 0.3) is 0 Å². The Labute approximate surface area is 160 Å². The molecule has 3 fully saturated rings. The van der Waals surface area contributed by atoms with Crippen LogP contribution in [0.15, 0.2) is 12.1 Å². The first-order valence-electron chi connectivity index (χ1n) is 10.4. The van der Waals surface area contributed by atoms with Gasteiger partial charge < -0.3 is 14.6 Å². The van der Waals surface area contributed by atoms with Crippen LogP contribution < -0.4 is 0 Å². The van der Waals surface area contributed by atoms with E-state index in [4.69, 9.17) is 9.47 Å². The van der Waals surface area contributed by atoms with Crippen LogP contribution in [0.1, 0.15) is 81.4 Å². The molecule has 1 aliphatic heterocycles. The molecule has 3 nitrogen and oxygen atoms in total. The quantitative estimate of drug-likeness (QED) is 0.781. The summed E-state index contributed by atoms with van der Waals surface area (Å²) in [6, 6.07) is 3.21. The van der Waals surface area contributed by atoms with E-state index in [1.807, 2.05) is 0 Å². The summed E-state index contributed by atoms with van der Waals surface area (Å²) in [5.74, 6) is -0.519. The van der Waals surface area contributed by atoms with Gasteiger partial charge in [0.1, 0.15) is 0 Å². The van der Waals surface area contributed by atoms with Crippen molar-refractivity contribution in [1.29, 1.82) is 0 Å². The van der Waals surface area contributed by atoms with Crippen LogP contribution in [0.2, 0.25) is 0 Å². The third-order valence-electron chi connectivity index (χ3n) is 7.08. The Morgan fingerprint density at radius 1 is 0.926 bits per heavy atom. The van der Waals surface area contributed by atoms with Gasteiger partial charge in [-0.2, -0.15) is 0 Å². The van der Waals surface area contributed by atoms with Crippen molar-refractivity contribution < 1.29 is 23.4 Å². The minimum Gasteiger partial charge on any atom is -0.389 e. The summed E-state index contributed by atoms with van der Waals surface area (Å²) in [5, 5.41) is 9.56. The van der Waals surface area contributed by atoms with Crippen molar-refractivity contribution in [3.05, 3.63) is 34.9 Å². The lowest BCUT2D eigenvalue weighted by Gasteiger charge is -2.41. The molecule has 0 radical (unpaired) electrons. The summed E-state index contributed by atoms with van der Waals surface area (Å²) in [7, 11) is 0. The Balaban J connectivity index is 1.35. The number of benzene rings is 1. The molecule has 2 aliphatic carbocycles. The average Bonchev–Trinajstić information content (AvgIpc) is 3.12. The third kappa shape index (κ3) is 3.79. The van der Waals surface area contributed by atoms with E-state index in [-0.39, 0.29) is 17.3 Å². The van der Waals surface area contributed by atoms with E-state index >= 15 is 0 Å². The van der Waals surface area contributed by atoms with Gasteiger partial charge in [-0.15, -0.1) is 0 Å². The van der Waals surface area contributed by atoms with Gasteiger partial charge >= 0.3 is 0 Å². The lowest BCUT2D eigenvalue weighted by atomic mass is 9.69. The maximum Gasteiger partial charge on any atom is 0.168 e. The van der Waals surface area contributed by atoms with Crippen LogP contribution in [0.3, 0.4) is 0 Å². The van der Waals surface area contributed by atoms with Crippen molar-refractivity contribution >= 4 is 0 Å². The molecule has 1 saturated heterocycles. The highest BCUT2D eigenvalue weighted by Gasteiger charge is 2.42. The fourth-order valence-corrected chi connectivity index (χ4v) is 5.46. The number of ether oxygens (including phenoxy) is 2. The fraction of sp³-hybridized carbons (Fsp3) is 0.727. The van der Waals surface area contributed by atoms with Crippen LogP contribution >= 0.6 is 0 Å². The highest BCUT2D eigenvalue weighted by molar-refractivity contribution is 5.30. The van der Waals surface area contributed by atoms with Crippen LogP contribution in [0.5, 0.6) is 0 Å². The number of hydrogen-bond acceptors (Lipinski definition) is 3. The van der Waals surface area contributed by atoms with Gasteiger partial charge in [0, 0.05) is 18.4 Å². The molecule has 5 heteroatoms. The molecule has 27 heavy (non-hydrogen) atoms. The molecule has 0 bridgehead atoms. The molecule has 0 amide bonds. The SMILES string of the molecule is CC(O)c1ccc(C2CCC(C3CCC4(CC3)OCCO4)CC2)c(F)c1F. The van der Waals surface area contributed by atoms with Gasteiger partial charge in [0.2, 0.25) is 0 Å². The summed E-state index contributed by atoms with van der Waals surface area (Å²) >= 11 is 0. The van der Waals surface area contributed by atoms with E-state index in [1.54, 1.807) is 6.07 Å². The number of hydrogen-bond donors (Lipinski definition) is 1. The van der Waals surface area contributed by atoms with Gasteiger partial charge in [-0.05, 0) is 68.8 Å². The van der Waals surface area contributed by atoms with Crippen molar-refractivity contribution in [3.63, 3.8) is 0 Å². The van der Waals surface area contributed by atoms with Gasteiger partial charge in [0.05, 0.1) is 19.3 Å². The maximum absolute atomic E-state index is 14.5. The summed E-state index contributed by atoms with van der Waals surface area (Å²) in [6.07, 6.45) is 7.21. The zero-order chi connectivity index (χ0) is 19.0. The number of aliphatic hydroxyl groups is 1. The predicted octanol–water partition coefficient (Wildman–Crippen LogP) is 5.23. The zero-order valence-electron chi connectivity index (χ0n) is 16.1. The number of halogens is 2. The van der Waals surface area contributed by atoms with Crippen molar-refractivity contribution in [3.8, 4) is 0 Å². The molecular weight excluding hydrogens is 350 g/mol. The highest BCUT2D eigenvalue weighted by Crippen LogP contribution is 2.47. The van der Waals surface area contributed by atoms with Crippen molar-refractivity contribution in [2.24, 2.45) is 11.8 Å². The van der Waals surface area contributed by atoms with Crippen LogP contribution in [0.4, 0.5) is 8.78 Å². The molecule has 1 atom stereocenters. The summed E-state index contributed by atoms with van der Waals surface area (Å²) < 4.78 is 40.4. The Hall–Kier alpha value is -1.04. The van der Waals surface area contributed by atoms with E-state index < -0.39 is 17.7 Å². The van der Waals surface area contributed by atoms with Gasteiger partial charge in [-0.3, -0.25) is 0 Å². The Morgan fingerprint density at radius 3 is 2.11 bits per heavy atom. The second kappa shape index (κ2) is 7.76. The van der Waals surface area contributed by atoms with E-state index in [9.17, 15) is 13.9 Å². The van der Waals surface area contributed by atoms with Crippen LogP contribution in [0, 0.1) is 23.5 Å². The van der Waals surface area contributed by atoms with Crippen LogP contribution in [-0.2, 0) is 9.47 Å². The van der Waals surface area contributed by atoms with E-state index in [0.717, 1.165) is 51.4 Å². The normalized spacial score (nSPS) is 29.9.